The highest BCUT2D eigenvalue weighted by atomic mass is 16.1. The van der Waals surface area contributed by atoms with Crippen LogP contribution in [0.15, 0.2) is 12.4 Å². The van der Waals surface area contributed by atoms with E-state index in [1.165, 1.54) is 18.8 Å². The first-order chi connectivity index (χ1) is 9.56. The lowest BCUT2D eigenvalue weighted by atomic mass is 9.92. The lowest BCUT2D eigenvalue weighted by Gasteiger charge is -2.34. The second-order valence-corrected chi connectivity index (χ2v) is 5.75. The van der Waals surface area contributed by atoms with Crippen LogP contribution in [0.3, 0.4) is 0 Å². The normalized spacial score (nSPS) is 23.5. The maximum atomic E-state index is 11.9. The highest BCUT2D eigenvalue weighted by Crippen LogP contribution is 2.20. The minimum absolute atomic E-state index is 0.171. The summed E-state index contributed by atoms with van der Waals surface area (Å²) in [7, 11) is 0. The van der Waals surface area contributed by atoms with Crippen LogP contribution in [-0.2, 0) is 0 Å². The van der Waals surface area contributed by atoms with Crippen LogP contribution < -0.4 is 11.1 Å². The maximum absolute atomic E-state index is 11.9. The van der Waals surface area contributed by atoms with Gasteiger partial charge in [-0.1, -0.05) is 13.8 Å². The number of aromatic nitrogens is 2. The summed E-state index contributed by atoms with van der Waals surface area (Å²) in [5, 5.41) is 2.85. The van der Waals surface area contributed by atoms with Gasteiger partial charge in [-0.2, -0.15) is 0 Å². The number of hydrogen-bond acceptors (Lipinski definition) is 5. The topological polar surface area (TPSA) is 84.1 Å². The predicted molar refractivity (Wildman–Crippen MR) is 78.2 cm³/mol. The van der Waals surface area contributed by atoms with Crippen LogP contribution in [0.25, 0.3) is 0 Å². The Labute approximate surface area is 119 Å². The molecule has 1 aliphatic heterocycles. The molecule has 0 saturated carbocycles. The third-order valence-electron chi connectivity index (χ3n) is 3.60. The van der Waals surface area contributed by atoms with Crippen LogP contribution >= 0.6 is 0 Å². The monoisotopic (exact) mass is 277 g/mol. The van der Waals surface area contributed by atoms with E-state index >= 15 is 0 Å². The van der Waals surface area contributed by atoms with Crippen molar-refractivity contribution in [3.05, 3.63) is 18.1 Å². The highest BCUT2D eigenvalue weighted by molar-refractivity contribution is 5.96. The number of nitrogens with zero attached hydrogens (tertiary/aromatic N) is 3. The standard InChI is InChI=1S/C14H23N5O/c1-10-7-11(2)9-19(8-10)6-5-18-14(20)12-13(15)17-4-3-16-12/h3-4,10-11H,5-9H2,1-2H3,(H2,15,17)(H,18,20)/t10-,11-/m1/s1. The molecule has 2 rings (SSSR count). The van der Waals surface area contributed by atoms with Crippen LogP contribution in [0.1, 0.15) is 30.8 Å². The van der Waals surface area contributed by atoms with Gasteiger partial charge in [0.25, 0.3) is 5.91 Å². The molecule has 3 N–H and O–H groups in total. The fourth-order valence-electron chi connectivity index (χ4n) is 2.91. The Morgan fingerprint density at radius 1 is 1.35 bits per heavy atom. The SMILES string of the molecule is C[C@@H]1C[C@@H](C)CN(CCNC(=O)c2nccnc2N)C1. The Bertz CT molecular complexity index is 455. The van der Waals surface area contributed by atoms with E-state index in [9.17, 15) is 4.79 Å². The van der Waals surface area contributed by atoms with Crippen molar-refractivity contribution in [1.82, 2.24) is 20.2 Å². The number of carbonyl (C=O) groups is 1. The first kappa shape index (κ1) is 14.7. The van der Waals surface area contributed by atoms with Crippen LogP contribution in [0.5, 0.6) is 0 Å². The Hall–Kier alpha value is -1.69. The Morgan fingerprint density at radius 2 is 2.00 bits per heavy atom. The lowest BCUT2D eigenvalue weighted by Crippen LogP contribution is -2.43. The van der Waals surface area contributed by atoms with Crippen molar-refractivity contribution in [2.75, 3.05) is 31.9 Å². The van der Waals surface area contributed by atoms with E-state index in [1.54, 1.807) is 0 Å². The summed E-state index contributed by atoms with van der Waals surface area (Å²) >= 11 is 0. The molecule has 20 heavy (non-hydrogen) atoms. The van der Waals surface area contributed by atoms with Gasteiger partial charge in [-0.25, -0.2) is 9.97 Å². The van der Waals surface area contributed by atoms with Gasteiger partial charge < -0.3 is 16.0 Å². The van der Waals surface area contributed by atoms with Crippen LogP contribution in [0.2, 0.25) is 0 Å². The molecule has 0 radical (unpaired) electrons. The van der Waals surface area contributed by atoms with E-state index in [2.05, 4.69) is 34.0 Å². The van der Waals surface area contributed by atoms with Crippen molar-refractivity contribution >= 4 is 11.7 Å². The zero-order valence-corrected chi connectivity index (χ0v) is 12.2. The smallest absolute Gasteiger partial charge is 0.273 e. The molecule has 0 unspecified atom stereocenters. The summed E-state index contributed by atoms with van der Waals surface area (Å²) in [6, 6.07) is 0. The quantitative estimate of drug-likeness (QED) is 0.849. The Kier molecular flexibility index (Phi) is 4.89. The van der Waals surface area contributed by atoms with Crippen molar-refractivity contribution in [2.45, 2.75) is 20.3 Å². The molecule has 0 aliphatic carbocycles. The second kappa shape index (κ2) is 6.65. The van der Waals surface area contributed by atoms with Gasteiger partial charge in [-0.05, 0) is 18.3 Å². The molecule has 1 saturated heterocycles. The molecule has 6 nitrogen and oxygen atoms in total. The number of nitrogens with two attached hydrogens (primary N) is 1. The van der Waals surface area contributed by atoms with Gasteiger partial charge in [0.2, 0.25) is 0 Å². The summed E-state index contributed by atoms with van der Waals surface area (Å²) in [4.78, 5) is 22.1. The first-order valence-electron chi connectivity index (χ1n) is 7.13. The van der Waals surface area contributed by atoms with Crippen LogP contribution in [-0.4, -0.2) is 47.0 Å². The van der Waals surface area contributed by atoms with Gasteiger partial charge in [0, 0.05) is 38.6 Å². The van der Waals surface area contributed by atoms with Crippen LogP contribution in [0, 0.1) is 11.8 Å². The fraction of sp³-hybridized carbons (Fsp3) is 0.643. The number of nitrogen functional groups attached to an aromatic ring is 1. The molecule has 0 spiro atoms. The van der Waals surface area contributed by atoms with E-state index in [4.69, 9.17) is 5.73 Å². The summed E-state index contributed by atoms with van der Waals surface area (Å²) in [6.07, 6.45) is 4.24. The molecule has 110 valence electrons. The summed E-state index contributed by atoms with van der Waals surface area (Å²) < 4.78 is 0. The lowest BCUT2D eigenvalue weighted by molar-refractivity contribution is 0.0932. The van der Waals surface area contributed by atoms with Crippen molar-refractivity contribution in [3.8, 4) is 0 Å². The van der Waals surface area contributed by atoms with E-state index in [-0.39, 0.29) is 17.4 Å². The van der Waals surface area contributed by atoms with Gasteiger partial charge in [-0.3, -0.25) is 4.79 Å². The van der Waals surface area contributed by atoms with Gasteiger partial charge in [0.05, 0.1) is 0 Å². The van der Waals surface area contributed by atoms with Crippen molar-refractivity contribution in [2.24, 2.45) is 11.8 Å². The molecule has 6 heteroatoms. The maximum Gasteiger partial charge on any atom is 0.273 e. The van der Waals surface area contributed by atoms with Crippen LogP contribution in [0.4, 0.5) is 5.82 Å². The number of rotatable bonds is 4. The van der Waals surface area contributed by atoms with Crippen molar-refractivity contribution in [3.63, 3.8) is 0 Å². The summed E-state index contributed by atoms with van der Waals surface area (Å²) in [5.41, 5.74) is 5.83. The molecule has 0 aromatic carbocycles. The molecule has 1 aromatic rings. The third-order valence-corrected chi connectivity index (χ3v) is 3.60. The molecular formula is C14H23N5O. The van der Waals surface area contributed by atoms with Crippen molar-refractivity contribution in [1.29, 1.82) is 0 Å². The van der Waals surface area contributed by atoms with E-state index in [0.29, 0.717) is 6.54 Å². The minimum atomic E-state index is -0.256. The third kappa shape index (κ3) is 3.90. The van der Waals surface area contributed by atoms with E-state index < -0.39 is 0 Å². The Morgan fingerprint density at radius 3 is 2.65 bits per heavy atom. The van der Waals surface area contributed by atoms with Gasteiger partial charge in [0.1, 0.15) is 0 Å². The number of piperidine rings is 1. The number of carbonyl (C=O) groups excluding carboxylic acids is 1. The highest BCUT2D eigenvalue weighted by Gasteiger charge is 2.21. The average molecular weight is 277 g/mol. The summed E-state index contributed by atoms with van der Waals surface area (Å²) in [6.45, 7) is 8.23. The molecule has 1 fully saturated rings. The molecule has 2 heterocycles. The Balaban J connectivity index is 1.78. The predicted octanol–water partition coefficient (Wildman–Crippen LogP) is 0.767. The fourth-order valence-corrected chi connectivity index (χ4v) is 2.91. The molecule has 2 atom stereocenters. The zero-order valence-electron chi connectivity index (χ0n) is 12.2. The number of anilines is 1. The number of likely N-dealkylation sites (tertiary alicyclic amines) is 1. The number of hydrogen-bond donors (Lipinski definition) is 2. The molecule has 1 aliphatic rings. The minimum Gasteiger partial charge on any atom is -0.382 e. The number of nitrogens with one attached hydrogen (secondary N) is 1. The number of amides is 1. The van der Waals surface area contributed by atoms with Gasteiger partial charge in [0.15, 0.2) is 11.5 Å². The van der Waals surface area contributed by atoms with Gasteiger partial charge in [-0.15, -0.1) is 0 Å². The molecule has 1 amide bonds. The second-order valence-electron chi connectivity index (χ2n) is 5.75. The van der Waals surface area contributed by atoms with Gasteiger partial charge >= 0.3 is 0 Å². The molecular weight excluding hydrogens is 254 g/mol. The largest absolute Gasteiger partial charge is 0.382 e. The first-order valence-corrected chi connectivity index (χ1v) is 7.13. The van der Waals surface area contributed by atoms with E-state index in [0.717, 1.165) is 31.5 Å². The average Bonchev–Trinajstić information content (AvgIpc) is 2.38. The van der Waals surface area contributed by atoms with E-state index in [1.807, 2.05) is 0 Å². The molecule has 0 bridgehead atoms. The summed E-state index contributed by atoms with van der Waals surface area (Å²) in [5.74, 6) is 1.37. The zero-order chi connectivity index (χ0) is 14.5. The molecule has 1 aromatic heterocycles. The van der Waals surface area contributed by atoms with Crippen molar-refractivity contribution < 1.29 is 4.79 Å².